The molecule has 2 rings (SSSR count). The van der Waals surface area contributed by atoms with Crippen LogP contribution in [0.4, 0.5) is 5.69 Å². The molecule has 1 aromatic carbocycles. The lowest BCUT2D eigenvalue weighted by atomic mass is 9.82. The number of carboxylic acids is 2. The van der Waals surface area contributed by atoms with Crippen molar-refractivity contribution in [3.63, 3.8) is 0 Å². The second-order valence-corrected chi connectivity index (χ2v) is 4.98. The molecular formula is C15H13NO6-2. The van der Waals surface area contributed by atoms with E-state index >= 15 is 0 Å². The maximum Gasteiger partial charge on any atom is 0.335 e. The van der Waals surface area contributed by atoms with Gasteiger partial charge in [0.25, 0.3) is 0 Å². The monoisotopic (exact) mass is 303 g/mol. The van der Waals surface area contributed by atoms with Crippen LogP contribution in [-0.4, -0.2) is 23.0 Å². The summed E-state index contributed by atoms with van der Waals surface area (Å²) in [5, 5.41) is 33.8. The molecule has 0 aliphatic heterocycles. The van der Waals surface area contributed by atoms with Crippen LogP contribution in [0.5, 0.6) is 5.75 Å². The number of carbonyl (C=O) groups excluding carboxylic acids is 2. The Morgan fingerprint density at radius 1 is 1.14 bits per heavy atom. The van der Waals surface area contributed by atoms with Crippen molar-refractivity contribution in [1.82, 2.24) is 0 Å². The van der Waals surface area contributed by atoms with Crippen LogP contribution >= 0.6 is 0 Å². The molecule has 116 valence electrons. The molecule has 1 aliphatic carbocycles. The predicted molar refractivity (Wildman–Crippen MR) is 71.8 cm³/mol. The quantitative estimate of drug-likeness (QED) is 0.736. The van der Waals surface area contributed by atoms with E-state index < -0.39 is 41.0 Å². The molecule has 1 amide bonds. The summed E-state index contributed by atoms with van der Waals surface area (Å²) < 4.78 is 0. The Hall–Kier alpha value is -2.83. The van der Waals surface area contributed by atoms with Crippen molar-refractivity contribution in [2.75, 3.05) is 5.32 Å². The van der Waals surface area contributed by atoms with Crippen molar-refractivity contribution in [2.45, 2.75) is 12.8 Å². The highest BCUT2D eigenvalue weighted by Crippen LogP contribution is 2.27. The molecule has 0 heterocycles. The Morgan fingerprint density at radius 3 is 2.32 bits per heavy atom. The zero-order chi connectivity index (χ0) is 16.3. The number of anilines is 1. The molecule has 0 spiro atoms. The van der Waals surface area contributed by atoms with Gasteiger partial charge >= 0.3 is 5.97 Å². The van der Waals surface area contributed by atoms with Gasteiger partial charge in [-0.3, -0.25) is 4.79 Å². The molecule has 2 unspecified atom stereocenters. The molecule has 0 aromatic heterocycles. The van der Waals surface area contributed by atoms with E-state index in [4.69, 9.17) is 5.11 Å². The average Bonchev–Trinajstić information content (AvgIpc) is 2.46. The van der Waals surface area contributed by atoms with Gasteiger partial charge < -0.3 is 25.4 Å². The van der Waals surface area contributed by atoms with Gasteiger partial charge in [-0.05, 0) is 31.0 Å². The van der Waals surface area contributed by atoms with E-state index in [1.54, 1.807) is 12.2 Å². The first kappa shape index (κ1) is 15.6. The molecule has 7 heteroatoms. The number of hydrogen-bond donors (Lipinski definition) is 2. The first-order valence-electron chi connectivity index (χ1n) is 6.61. The molecule has 22 heavy (non-hydrogen) atoms. The van der Waals surface area contributed by atoms with Crippen molar-refractivity contribution < 1.29 is 29.7 Å². The van der Waals surface area contributed by atoms with E-state index in [-0.39, 0.29) is 18.5 Å². The van der Waals surface area contributed by atoms with Crippen molar-refractivity contribution in [3.8, 4) is 5.75 Å². The fourth-order valence-corrected chi connectivity index (χ4v) is 2.38. The third-order valence-electron chi connectivity index (χ3n) is 3.55. The summed E-state index contributed by atoms with van der Waals surface area (Å²) in [5.41, 5.74) is -0.266. The van der Waals surface area contributed by atoms with Crippen LogP contribution in [0.2, 0.25) is 0 Å². The summed E-state index contributed by atoms with van der Waals surface area (Å²) >= 11 is 0. The minimum absolute atomic E-state index is 0.131. The number of aromatic carboxylic acids is 1. The second-order valence-electron chi connectivity index (χ2n) is 4.98. The maximum absolute atomic E-state index is 12.2. The molecule has 2 N–H and O–H groups in total. The van der Waals surface area contributed by atoms with Crippen molar-refractivity contribution in [3.05, 3.63) is 35.9 Å². The van der Waals surface area contributed by atoms with E-state index in [2.05, 4.69) is 5.32 Å². The zero-order valence-corrected chi connectivity index (χ0v) is 11.4. The van der Waals surface area contributed by atoms with E-state index in [1.165, 1.54) is 6.07 Å². The van der Waals surface area contributed by atoms with E-state index in [0.29, 0.717) is 0 Å². The molecule has 0 saturated heterocycles. The average molecular weight is 303 g/mol. The molecule has 0 radical (unpaired) electrons. The van der Waals surface area contributed by atoms with Crippen LogP contribution < -0.4 is 15.5 Å². The zero-order valence-electron chi connectivity index (χ0n) is 11.4. The van der Waals surface area contributed by atoms with Crippen molar-refractivity contribution >= 4 is 23.5 Å². The Kier molecular flexibility index (Phi) is 4.45. The first-order valence-corrected chi connectivity index (χ1v) is 6.61. The highest BCUT2D eigenvalue weighted by Gasteiger charge is 2.29. The van der Waals surface area contributed by atoms with E-state index in [9.17, 15) is 24.6 Å². The van der Waals surface area contributed by atoms with Crippen LogP contribution in [0.1, 0.15) is 23.2 Å². The predicted octanol–water partition coefficient (Wildman–Crippen LogP) is -0.271. The highest BCUT2D eigenvalue weighted by atomic mass is 16.4. The number of carboxylic acid groups (broad SMARTS) is 2. The largest absolute Gasteiger partial charge is 0.872 e. The maximum atomic E-state index is 12.2. The molecule has 0 saturated carbocycles. The summed E-state index contributed by atoms with van der Waals surface area (Å²) in [6, 6.07) is 3.38. The number of nitrogens with one attached hydrogen (secondary N) is 1. The number of rotatable bonds is 4. The molecular weight excluding hydrogens is 290 g/mol. The molecule has 1 aromatic rings. The van der Waals surface area contributed by atoms with Gasteiger partial charge in [-0.2, -0.15) is 0 Å². The summed E-state index contributed by atoms with van der Waals surface area (Å²) in [6.45, 7) is 0. The van der Waals surface area contributed by atoms with Crippen molar-refractivity contribution in [2.24, 2.45) is 11.8 Å². The summed E-state index contributed by atoms with van der Waals surface area (Å²) in [7, 11) is 0. The Bertz CT molecular complexity index is 651. The lowest BCUT2D eigenvalue weighted by Crippen LogP contribution is -2.41. The molecule has 7 nitrogen and oxygen atoms in total. The number of aliphatic carboxylic acids is 1. The van der Waals surface area contributed by atoms with Crippen LogP contribution in [0.25, 0.3) is 0 Å². The number of hydrogen-bond acceptors (Lipinski definition) is 5. The fraction of sp³-hybridized carbons (Fsp3) is 0.267. The van der Waals surface area contributed by atoms with E-state index in [0.717, 1.165) is 12.1 Å². The Labute approximate surface area is 125 Å². The van der Waals surface area contributed by atoms with Gasteiger partial charge in [0.1, 0.15) is 0 Å². The summed E-state index contributed by atoms with van der Waals surface area (Å²) in [5.74, 6) is -5.63. The van der Waals surface area contributed by atoms with E-state index in [1.807, 2.05) is 0 Å². The van der Waals surface area contributed by atoms with Gasteiger partial charge in [-0.1, -0.05) is 17.9 Å². The molecule has 0 bridgehead atoms. The lowest BCUT2D eigenvalue weighted by Gasteiger charge is -2.28. The van der Waals surface area contributed by atoms with Crippen molar-refractivity contribution in [1.29, 1.82) is 0 Å². The van der Waals surface area contributed by atoms with Crippen LogP contribution in [0.15, 0.2) is 30.4 Å². The smallest absolute Gasteiger partial charge is 0.335 e. The Balaban J connectivity index is 2.14. The standard InChI is InChI=1S/C15H15NO6/c17-12-7-8(5-6-11(12)15(21)22)16-13(18)9-3-1-2-4-10(9)14(19)20/h1-2,5-7,9-10,17H,3-4H2,(H,16,18)(H,19,20)(H,21,22)/p-2. The Morgan fingerprint density at radius 2 is 1.77 bits per heavy atom. The van der Waals surface area contributed by atoms with Gasteiger partial charge in [-0.25, -0.2) is 4.79 Å². The number of benzene rings is 1. The second kappa shape index (κ2) is 6.30. The first-order chi connectivity index (χ1) is 10.4. The summed E-state index contributed by atoms with van der Waals surface area (Å²) in [4.78, 5) is 34.0. The SMILES string of the molecule is O=C(O)c1ccc(NC(=O)C2CC=CCC2C(=O)[O-])cc1[O-]. The summed E-state index contributed by atoms with van der Waals surface area (Å²) in [6.07, 6.45) is 3.88. The minimum atomic E-state index is -1.35. The van der Waals surface area contributed by atoms with Gasteiger partial charge in [0, 0.05) is 17.6 Å². The highest BCUT2D eigenvalue weighted by molar-refractivity contribution is 5.97. The van der Waals surface area contributed by atoms with Gasteiger partial charge in [0.15, 0.2) is 0 Å². The lowest BCUT2D eigenvalue weighted by molar-refractivity contribution is -0.313. The normalized spacial score (nSPS) is 20.4. The van der Waals surface area contributed by atoms with Gasteiger partial charge in [-0.15, -0.1) is 0 Å². The van der Waals surface area contributed by atoms with Crippen LogP contribution in [-0.2, 0) is 9.59 Å². The minimum Gasteiger partial charge on any atom is -0.872 e. The third-order valence-corrected chi connectivity index (χ3v) is 3.55. The topological polar surface area (TPSA) is 130 Å². The van der Waals surface area contributed by atoms with Gasteiger partial charge in [0.05, 0.1) is 11.5 Å². The molecule has 2 atom stereocenters. The van der Waals surface area contributed by atoms with Gasteiger partial charge in [0.2, 0.25) is 5.91 Å². The number of amides is 1. The molecule has 1 aliphatic rings. The number of allylic oxidation sites excluding steroid dienone is 2. The fourth-order valence-electron chi connectivity index (χ4n) is 2.38. The molecule has 0 fully saturated rings. The third kappa shape index (κ3) is 3.25. The number of carbonyl (C=O) groups is 3. The van der Waals surface area contributed by atoms with Crippen LogP contribution in [0.3, 0.4) is 0 Å². The van der Waals surface area contributed by atoms with Crippen LogP contribution in [0, 0.1) is 11.8 Å².